The SMILES string of the molecule is COc1cc(/C=C2\N=C(c3ccc(I)cc3)OC2=O)cc(Br)c1OCc1cccc(Br)c1. The highest BCUT2D eigenvalue weighted by atomic mass is 127. The Labute approximate surface area is 215 Å². The Morgan fingerprint density at radius 3 is 2.59 bits per heavy atom. The van der Waals surface area contributed by atoms with Crippen molar-refractivity contribution in [3.8, 4) is 11.5 Å². The molecule has 3 aromatic carbocycles. The predicted octanol–water partition coefficient (Wildman–Crippen LogP) is 6.75. The van der Waals surface area contributed by atoms with Gasteiger partial charge in [-0.25, -0.2) is 9.79 Å². The van der Waals surface area contributed by atoms with Crippen molar-refractivity contribution in [1.29, 1.82) is 0 Å². The highest BCUT2D eigenvalue weighted by Crippen LogP contribution is 2.38. The molecule has 3 aromatic rings. The number of rotatable bonds is 6. The minimum absolute atomic E-state index is 0.218. The van der Waals surface area contributed by atoms with Gasteiger partial charge < -0.3 is 14.2 Å². The molecule has 0 unspecified atom stereocenters. The quantitative estimate of drug-likeness (QED) is 0.166. The van der Waals surface area contributed by atoms with Crippen LogP contribution in [0.15, 0.2) is 80.3 Å². The molecule has 1 aliphatic rings. The van der Waals surface area contributed by atoms with Gasteiger partial charge in [0.05, 0.1) is 11.6 Å². The van der Waals surface area contributed by atoms with E-state index in [0.29, 0.717) is 22.6 Å². The Morgan fingerprint density at radius 1 is 1.09 bits per heavy atom. The summed E-state index contributed by atoms with van der Waals surface area (Å²) in [5.41, 5.74) is 2.71. The van der Waals surface area contributed by atoms with Crippen LogP contribution in [-0.2, 0) is 16.1 Å². The maximum absolute atomic E-state index is 12.3. The van der Waals surface area contributed by atoms with Crippen LogP contribution in [0.3, 0.4) is 0 Å². The van der Waals surface area contributed by atoms with Crippen LogP contribution < -0.4 is 9.47 Å². The fourth-order valence-corrected chi connectivity index (χ4v) is 4.41. The lowest BCUT2D eigenvalue weighted by atomic mass is 10.1. The number of esters is 1. The number of carbonyl (C=O) groups excluding carboxylic acids is 1. The second kappa shape index (κ2) is 10.2. The summed E-state index contributed by atoms with van der Waals surface area (Å²) in [6.07, 6.45) is 1.66. The third-order valence-corrected chi connectivity index (χ3v) is 6.34. The highest BCUT2D eigenvalue weighted by molar-refractivity contribution is 14.1. The van der Waals surface area contributed by atoms with Crippen molar-refractivity contribution in [3.63, 3.8) is 0 Å². The maximum Gasteiger partial charge on any atom is 0.363 e. The van der Waals surface area contributed by atoms with Crippen LogP contribution in [0.5, 0.6) is 11.5 Å². The first-order chi connectivity index (χ1) is 15.4. The molecule has 0 radical (unpaired) electrons. The van der Waals surface area contributed by atoms with Crippen molar-refractivity contribution in [2.45, 2.75) is 6.61 Å². The van der Waals surface area contributed by atoms with E-state index < -0.39 is 5.97 Å². The second-order valence-electron chi connectivity index (χ2n) is 6.80. The molecule has 162 valence electrons. The van der Waals surface area contributed by atoms with E-state index in [2.05, 4.69) is 59.4 Å². The summed E-state index contributed by atoms with van der Waals surface area (Å²) in [6, 6.07) is 19.1. The molecule has 0 saturated carbocycles. The van der Waals surface area contributed by atoms with Crippen molar-refractivity contribution < 1.29 is 19.0 Å². The molecule has 0 aromatic heterocycles. The van der Waals surface area contributed by atoms with Crippen LogP contribution >= 0.6 is 54.5 Å². The molecule has 0 saturated heterocycles. The van der Waals surface area contributed by atoms with Crippen LogP contribution in [0.4, 0.5) is 0 Å². The molecule has 0 bridgehead atoms. The van der Waals surface area contributed by atoms with Crippen LogP contribution in [0, 0.1) is 3.57 Å². The number of hydrogen-bond donors (Lipinski definition) is 0. The van der Waals surface area contributed by atoms with Crippen molar-refractivity contribution in [1.82, 2.24) is 0 Å². The first kappa shape index (κ1) is 23.0. The van der Waals surface area contributed by atoms with Crippen LogP contribution in [0.1, 0.15) is 16.7 Å². The fraction of sp³-hybridized carbons (Fsp3) is 0.0833. The van der Waals surface area contributed by atoms with Crippen molar-refractivity contribution in [3.05, 3.63) is 95.6 Å². The molecule has 5 nitrogen and oxygen atoms in total. The van der Waals surface area contributed by atoms with Gasteiger partial charge in [0.15, 0.2) is 17.2 Å². The lowest BCUT2D eigenvalue weighted by molar-refractivity contribution is -0.129. The van der Waals surface area contributed by atoms with E-state index in [-0.39, 0.29) is 11.6 Å². The van der Waals surface area contributed by atoms with Gasteiger partial charge in [-0.2, -0.15) is 0 Å². The van der Waals surface area contributed by atoms with Gasteiger partial charge in [0, 0.05) is 13.6 Å². The average Bonchev–Trinajstić information content (AvgIpc) is 3.13. The molecule has 0 spiro atoms. The van der Waals surface area contributed by atoms with E-state index in [4.69, 9.17) is 14.2 Å². The van der Waals surface area contributed by atoms with E-state index in [9.17, 15) is 4.79 Å². The molecular formula is C24H16Br2INO4. The summed E-state index contributed by atoms with van der Waals surface area (Å²) in [6.45, 7) is 0.380. The van der Waals surface area contributed by atoms with E-state index in [1.807, 2.05) is 54.6 Å². The number of aliphatic imine (C=N–C) groups is 1. The highest BCUT2D eigenvalue weighted by Gasteiger charge is 2.24. The molecule has 1 aliphatic heterocycles. The number of ether oxygens (including phenoxy) is 3. The van der Waals surface area contributed by atoms with E-state index in [0.717, 1.165) is 24.7 Å². The fourth-order valence-electron chi connectivity index (χ4n) is 3.03. The van der Waals surface area contributed by atoms with E-state index in [1.54, 1.807) is 19.3 Å². The summed E-state index contributed by atoms with van der Waals surface area (Å²) in [7, 11) is 1.57. The molecule has 0 aliphatic carbocycles. The summed E-state index contributed by atoms with van der Waals surface area (Å²) < 4.78 is 19.6. The van der Waals surface area contributed by atoms with Gasteiger partial charge in [0.1, 0.15) is 6.61 Å². The summed E-state index contributed by atoms with van der Waals surface area (Å²) in [5.74, 6) is 0.905. The number of benzene rings is 3. The Bertz CT molecular complexity index is 1240. The van der Waals surface area contributed by atoms with E-state index >= 15 is 0 Å². The standard InChI is InChI=1S/C24H16Br2INO4/c1-30-21-12-15(10-19(26)22(21)31-13-14-3-2-4-17(25)9-14)11-20-24(29)32-23(28-20)16-5-7-18(27)8-6-16/h2-12H,13H2,1H3/b20-11-. The summed E-state index contributed by atoms with van der Waals surface area (Å²) in [4.78, 5) is 16.7. The van der Waals surface area contributed by atoms with Gasteiger partial charge in [-0.1, -0.05) is 28.1 Å². The summed E-state index contributed by atoms with van der Waals surface area (Å²) >= 11 is 9.23. The third kappa shape index (κ3) is 5.41. The van der Waals surface area contributed by atoms with Gasteiger partial charge in [0.25, 0.3) is 0 Å². The molecule has 0 atom stereocenters. The number of halogens is 3. The van der Waals surface area contributed by atoms with Gasteiger partial charge in [0.2, 0.25) is 5.90 Å². The van der Waals surface area contributed by atoms with Gasteiger partial charge in [-0.05, 0) is 104 Å². The first-order valence-electron chi connectivity index (χ1n) is 9.46. The number of methoxy groups -OCH3 is 1. The Morgan fingerprint density at radius 2 is 1.88 bits per heavy atom. The average molecular weight is 669 g/mol. The second-order valence-corrected chi connectivity index (χ2v) is 9.81. The van der Waals surface area contributed by atoms with Gasteiger partial charge >= 0.3 is 5.97 Å². The molecule has 0 N–H and O–H groups in total. The normalized spacial score (nSPS) is 14.3. The van der Waals surface area contributed by atoms with Crippen molar-refractivity contribution in [2.24, 2.45) is 4.99 Å². The number of carbonyl (C=O) groups is 1. The molecule has 8 heteroatoms. The predicted molar refractivity (Wildman–Crippen MR) is 139 cm³/mol. The number of cyclic esters (lactones) is 1. The zero-order valence-corrected chi connectivity index (χ0v) is 22.1. The Kier molecular flexibility index (Phi) is 7.32. The van der Waals surface area contributed by atoms with Gasteiger partial charge in [-0.3, -0.25) is 0 Å². The van der Waals surface area contributed by atoms with Crippen molar-refractivity contribution >= 4 is 72.4 Å². The molecule has 0 fully saturated rings. The largest absolute Gasteiger partial charge is 0.493 e. The van der Waals surface area contributed by atoms with Crippen molar-refractivity contribution in [2.75, 3.05) is 7.11 Å². The van der Waals surface area contributed by atoms with Crippen LogP contribution in [-0.4, -0.2) is 19.0 Å². The topological polar surface area (TPSA) is 57.1 Å². The number of nitrogens with zero attached hydrogens (tertiary/aromatic N) is 1. The zero-order chi connectivity index (χ0) is 22.7. The molecule has 32 heavy (non-hydrogen) atoms. The minimum Gasteiger partial charge on any atom is -0.493 e. The lowest BCUT2D eigenvalue weighted by Crippen LogP contribution is -2.05. The zero-order valence-electron chi connectivity index (χ0n) is 16.8. The lowest BCUT2D eigenvalue weighted by Gasteiger charge is -2.14. The molecule has 0 amide bonds. The number of hydrogen-bond acceptors (Lipinski definition) is 5. The Balaban J connectivity index is 1.59. The monoisotopic (exact) mass is 667 g/mol. The Hall–Kier alpha value is -2.17. The van der Waals surface area contributed by atoms with Gasteiger partial charge in [-0.15, -0.1) is 0 Å². The minimum atomic E-state index is -0.497. The summed E-state index contributed by atoms with van der Waals surface area (Å²) in [5, 5.41) is 0. The first-order valence-corrected chi connectivity index (χ1v) is 12.1. The molecular weight excluding hydrogens is 653 g/mol. The van der Waals surface area contributed by atoms with Crippen LogP contribution in [0.2, 0.25) is 0 Å². The third-order valence-electron chi connectivity index (χ3n) is 4.54. The molecule has 4 rings (SSSR count). The van der Waals surface area contributed by atoms with E-state index in [1.165, 1.54) is 0 Å². The van der Waals surface area contributed by atoms with Crippen LogP contribution in [0.25, 0.3) is 6.08 Å². The maximum atomic E-state index is 12.3. The smallest absolute Gasteiger partial charge is 0.363 e. The molecule has 1 heterocycles.